The van der Waals surface area contributed by atoms with Crippen LogP contribution in [0.25, 0.3) is 0 Å². The van der Waals surface area contributed by atoms with Gasteiger partial charge in [0.25, 0.3) is 0 Å². The first-order valence-corrected chi connectivity index (χ1v) is 9.92. The lowest BCUT2D eigenvalue weighted by Gasteiger charge is -2.20. The highest BCUT2D eigenvalue weighted by Crippen LogP contribution is 2.48. The summed E-state index contributed by atoms with van der Waals surface area (Å²) in [4.78, 5) is 7.53. The van der Waals surface area contributed by atoms with Crippen LogP contribution in [-0.2, 0) is 10.9 Å². The molecule has 1 aliphatic carbocycles. The monoisotopic (exact) mass is 323 g/mol. The fourth-order valence-corrected chi connectivity index (χ4v) is 7.01. The van der Waals surface area contributed by atoms with Crippen LogP contribution in [0, 0.1) is 0 Å². The molecule has 0 amide bonds. The van der Waals surface area contributed by atoms with Gasteiger partial charge in [-0.25, -0.2) is 0 Å². The second kappa shape index (κ2) is 6.39. The molecule has 2 aromatic rings. The standard InChI is InChI=1S/C20H19S2/c1-2-4-10-16(11-5-3-1)22-19-14-8-6-12-17(19)21-18-13-7-9-15-20(18)22/h1-2,6-9,11-15H,3-5,10H2/q+1/b2-1-,16-11+. The van der Waals surface area contributed by atoms with Crippen molar-refractivity contribution in [3.8, 4) is 0 Å². The molecule has 0 saturated carbocycles. The smallest absolute Gasteiger partial charge is 0.0882 e. The maximum Gasteiger partial charge on any atom is 0.180 e. The van der Waals surface area contributed by atoms with Gasteiger partial charge in [0.05, 0.1) is 20.7 Å². The molecule has 4 rings (SSSR count). The Balaban J connectivity index is 1.83. The highest BCUT2D eigenvalue weighted by Gasteiger charge is 2.38. The minimum Gasteiger partial charge on any atom is -0.0882 e. The quantitative estimate of drug-likeness (QED) is 0.444. The third-order valence-electron chi connectivity index (χ3n) is 4.05. The van der Waals surface area contributed by atoms with Crippen molar-refractivity contribution >= 4 is 22.7 Å². The Morgan fingerprint density at radius 3 is 2.09 bits per heavy atom. The van der Waals surface area contributed by atoms with Gasteiger partial charge < -0.3 is 0 Å². The summed E-state index contributed by atoms with van der Waals surface area (Å²) in [6.45, 7) is 0. The minimum absolute atomic E-state index is 0.107. The van der Waals surface area contributed by atoms with E-state index in [0.717, 1.165) is 0 Å². The predicted octanol–water partition coefficient (Wildman–Crippen LogP) is 6.20. The summed E-state index contributed by atoms with van der Waals surface area (Å²) in [5.41, 5.74) is 0. The molecule has 0 atom stereocenters. The van der Waals surface area contributed by atoms with Crippen molar-refractivity contribution in [3.63, 3.8) is 0 Å². The topological polar surface area (TPSA) is 0 Å². The fourth-order valence-electron chi connectivity index (χ4n) is 3.01. The lowest BCUT2D eigenvalue weighted by atomic mass is 10.1. The first kappa shape index (κ1) is 14.2. The maximum atomic E-state index is 2.51. The van der Waals surface area contributed by atoms with Gasteiger partial charge in [0.15, 0.2) is 9.79 Å². The molecule has 0 unspecified atom stereocenters. The van der Waals surface area contributed by atoms with E-state index < -0.39 is 0 Å². The SMILES string of the molecule is C1=C\CC/C([S+]2c3ccccc3Sc3ccccc32)=C\CC/1. The first-order valence-electron chi connectivity index (χ1n) is 7.88. The van der Waals surface area contributed by atoms with E-state index in [2.05, 4.69) is 66.8 Å². The number of fused-ring (bicyclic) bond motifs is 2. The van der Waals surface area contributed by atoms with Crippen molar-refractivity contribution in [1.82, 2.24) is 0 Å². The third kappa shape index (κ3) is 2.66. The van der Waals surface area contributed by atoms with Crippen molar-refractivity contribution < 1.29 is 0 Å². The van der Waals surface area contributed by atoms with Gasteiger partial charge >= 0.3 is 0 Å². The molecule has 22 heavy (non-hydrogen) atoms. The summed E-state index contributed by atoms with van der Waals surface area (Å²) in [6, 6.07) is 17.9. The second-order valence-electron chi connectivity index (χ2n) is 5.56. The zero-order valence-electron chi connectivity index (χ0n) is 12.5. The largest absolute Gasteiger partial charge is 0.180 e. The average molecular weight is 324 g/mol. The van der Waals surface area contributed by atoms with Crippen LogP contribution in [0.5, 0.6) is 0 Å². The Hall–Kier alpha value is -1.38. The maximum absolute atomic E-state index is 2.51. The highest BCUT2D eigenvalue weighted by molar-refractivity contribution is 8.05. The van der Waals surface area contributed by atoms with Crippen LogP contribution < -0.4 is 0 Å². The number of hydrogen-bond acceptors (Lipinski definition) is 1. The van der Waals surface area contributed by atoms with E-state index in [0.29, 0.717) is 0 Å². The van der Waals surface area contributed by atoms with Crippen LogP contribution in [0.1, 0.15) is 25.7 Å². The van der Waals surface area contributed by atoms with Gasteiger partial charge in [-0.05, 0) is 49.6 Å². The van der Waals surface area contributed by atoms with E-state index in [-0.39, 0.29) is 10.9 Å². The van der Waals surface area contributed by atoms with Crippen LogP contribution >= 0.6 is 11.8 Å². The molecule has 0 bridgehead atoms. The first-order chi connectivity index (χ1) is 10.9. The Bertz CT molecular complexity index is 697. The molecule has 0 spiro atoms. The van der Waals surface area contributed by atoms with Crippen molar-refractivity contribution in [2.24, 2.45) is 0 Å². The van der Waals surface area contributed by atoms with Crippen molar-refractivity contribution in [1.29, 1.82) is 0 Å². The van der Waals surface area contributed by atoms with Crippen molar-refractivity contribution in [2.45, 2.75) is 45.3 Å². The van der Waals surface area contributed by atoms with Gasteiger partial charge in [0.1, 0.15) is 4.91 Å². The van der Waals surface area contributed by atoms with E-state index in [1.807, 2.05) is 11.8 Å². The van der Waals surface area contributed by atoms with Crippen molar-refractivity contribution in [3.05, 3.63) is 71.7 Å². The number of rotatable bonds is 1. The molecule has 110 valence electrons. The average Bonchev–Trinajstić information content (AvgIpc) is 2.53. The van der Waals surface area contributed by atoms with E-state index in [1.54, 1.807) is 4.91 Å². The van der Waals surface area contributed by atoms with Gasteiger partial charge in [-0.3, -0.25) is 0 Å². The van der Waals surface area contributed by atoms with E-state index in [1.165, 1.54) is 45.3 Å². The molecule has 2 heteroatoms. The summed E-state index contributed by atoms with van der Waals surface area (Å²) < 4.78 is 0. The van der Waals surface area contributed by atoms with Crippen LogP contribution in [0.2, 0.25) is 0 Å². The molecule has 1 heterocycles. The molecule has 0 radical (unpaired) electrons. The Morgan fingerprint density at radius 2 is 1.36 bits per heavy atom. The number of benzene rings is 2. The van der Waals surface area contributed by atoms with Crippen LogP contribution in [-0.4, -0.2) is 0 Å². The fraction of sp³-hybridized carbons (Fsp3) is 0.200. The normalized spacial score (nSPS) is 21.7. The zero-order valence-corrected chi connectivity index (χ0v) is 14.1. The molecule has 1 aliphatic heterocycles. The van der Waals surface area contributed by atoms with Crippen molar-refractivity contribution in [2.75, 3.05) is 0 Å². The van der Waals surface area contributed by atoms with Gasteiger partial charge in [-0.1, -0.05) is 48.2 Å². The molecular formula is C20H19S2+. The van der Waals surface area contributed by atoms with Crippen LogP contribution in [0.4, 0.5) is 0 Å². The Morgan fingerprint density at radius 1 is 0.727 bits per heavy atom. The Labute approximate surface area is 139 Å². The third-order valence-corrected chi connectivity index (χ3v) is 7.95. The van der Waals surface area contributed by atoms with Crippen LogP contribution in [0.15, 0.2) is 91.2 Å². The molecule has 0 N–H and O–H groups in total. The number of hydrogen-bond donors (Lipinski definition) is 0. The Kier molecular flexibility index (Phi) is 4.13. The molecule has 0 saturated heterocycles. The van der Waals surface area contributed by atoms with E-state index >= 15 is 0 Å². The van der Waals surface area contributed by atoms with E-state index in [4.69, 9.17) is 0 Å². The second-order valence-corrected chi connectivity index (χ2v) is 8.66. The minimum atomic E-state index is 0.107. The summed E-state index contributed by atoms with van der Waals surface area (Å²) in [7, 11) is 0.107. The van der Waals surface area contributed by atoms with Gasteiger partial charge in [-0.2, -0.15) is 0 Å². The van der Waals surface area contributed by atoms with Gasteiger partial charge in [-0.15, -0.1) is 0 Å². The lowest BCUT2D eigenvalue weighted by Crippen LogP contribution is -2.13. The van der Waals surface area contributed by atoms with Gasteiger partial charge in [0.2, 0.25) is 0 Å². The van der Waals surface area contributed by atoms with E-state index in [9.17, 15) is 0 Å². The molecule has 0 aromatic heterocycles. The molecule has 0 fully saturated rings. The summed E-state index contributed by atoms with van der Waals surface area (Å²) in [5.74, 6) is 0. The lowest BCUT2D eigenvalue weighted by molar-refractivity contribution is 0.945. The molecular weight excluding hydrogens is 304 g/mol. The van der Waals surface area contributed by atoms with Gasteiger partial charge in [0, 0.05) is 6.42 Å². The summed E-state index contributed by atoms with van der Waals surface area (Å²) in [6.07, 6.45) is 11.9. The molecule has 2 aliphatic rings. The summed E-state index contributed by atoms with van der Waals surface area (Å²) in [5, 5.41) is 0. The summed E-state index contributed by atoms with van der Waals surface area (Å²) >= 11 is 1.93. The number of allylic oxidation sites excluding steroid dienone is 4. The predicted molar refractivity (Wildman–Crippen MR) is 96.6 cm³/mol. The zero-order chi connectivity index (χ0) is 14.8. The van der Waals surface area contributed by atoms with Crippen LogP contribution in [0.3, 0.4) is 0 Å². The molecule has 0 nitrogen and oxygen atoms in total. The highest BCUT2D eigenvalue weighted by atomic mass is 32.2. The molecule has 2 aromatic carbocycles.